The number of hydrogen-bond donors (Lipinski definition) is 1. The van der Waals surface area contributed by atoms with Crippen LogP contribution in [0.2, 0.25) is 0 Å². The summed E-state index contributed by atoms with van der Waals surface area (Å²) in [6.07, 6.45) is 0. The van der Waals surface area contributed by atoms with Crippen molar-refractivity contribution in [1.82, 2.24) is 0 Å². The van der Waals surface area contributed by atoms with Crippen molar-refractivity contribution < 1.29 is 9.84 Å². The summed E-state index contributed by atoms with van der Waals surface area (Å²) in [5, 5.41) is 8.33. The van der Waals surface area contributed by atoms with Crippen molar-refractivity contribution >= 4 is 0 Å². The average molecular weight is 162 g/mol. The molecular formula is C10H10O2. The topological polar surface area (TPSA) is 29.5 Å². The fourth-order valence-corrected chi connectivity index (χ4v) is 0.743. The zero-order valence-corrected chi connectivity index (χ0v) is 6.66. The summed E-state index contributed by atoms with van der Waals surface area (Å²) >= 11 is 0. The van der Waals surface area contributed by atoms with Gasteiger partial charge in [0.15, 0.2) is 0 Å². The Hall–Kier alpha value is -1.46. The third-order valence-electron chi connectivity index (χ3n) is 1.26. The number of rotatable bonds is 2. The molecular weight excluding hydrogens is 152 g/mol. The average Bonchev–Trinajstić information content (AvgIpc) is 2.14. The van der Waals surface area contributed by atoms with Crippen molar-refractivity contribution in [1.29, 1.82) is 0 Å². The molecule has 0 saturated carbocycles. The highest BCUT2D eigenvalue weighted by Gasteiger charge is 1.85. The molecule has 12 heavy (non-hydrogen) atoms. The second-order valence-electron chi connectivity index (χ2n) is 2.11. The maximum Gasteiger partial charge on any atom is 0.149 e. The normalized spacial score (nSPS) is 8.42. The molecule has 1 N–H and O–H groups in total. The zero-order valence-electron chi connectivity index (χ0n) is 6.66. The largest absolute Gasteiger partial charge is 0.481 e. The molecule has 0 atom stereocenters. The van der Waals surface area contributed by atoms with Crippen LogP contribution in [0.1, 0.15) is 0 Å². The van der Waals surface area contributed by atoms with Crippen LogP contribution in [0, 0.1) is 11.8 Å². The van der Waals surface area contributed by atoms with Crippen molar-refractivity contribution in [2.24, 2.45) is 0 Å². The van der Waals surface area contributed by atoms with Gasteiger partial charge in [-0.25, -0.2) is 0 Å². The quantitative estimate of drug-likeness (QED) is 0.659. The van der Waals surface area contributed by atoms with E-state index in [1.54, 1.807) is 0 Å². The minimum Gasteiger partial charge on any atom is -0.481 e. The lowest BCUT2D eigenvalue weighted by Gasteiger charge is -1.99. The molecule has 2 nitrogen and oxygen atoms in total. The molecule has 0 fully saturated rings. The smallest absolute Gasteiger partial charge is 0.149 e. The van der Waals surface area contributed by atoms with Crippen LogP contribution in [0.5, 0.6) is 5.75 Å². The molecule has 0 amide bonds. The molecule has 2 heteroatoms. The van der Waals surface area contributed by atoms with Crippen LogP contribution in [0.15, 0.2) is 30.3 Å². The van der Waals surface area contributed by atoms with Gasteiger partial charge in [-0.2, -0.15) is 0 Å². The van der Waals surface area contributed by atoms with E-state index in [1.807, 2.05) is 30.3 Å². The first-order valence-corrected chi connectivity index (χ1v) is 3.68. The van der Waals surface area contributed by atoms with E-state index < -0.39 is 0 Å². The predicted octanol–water partition coefficient (Wildman–Crippen LogP) is 1.06. The van der Waals surface area contributed by atoms with Gasteiger partial charge in [-0.05, 0) is 12.1 Å². The number of ether oxygens (including phenoxy) is 1. The lowest BCUT2D eigenvalue weighted by atomic mass is 10.3. The highest BCUT2D eigenvalue weighted by atomic mass is 16.5. The van der Waals surface area contributed by atoms with Gasteiger partial charge in [0, 0.05) is 0 Å². The molecule has 0 radical (unpaired) electrons. The van der Waals surface area contributed by atoms with E-state index in [0.717, 1.165) is 5.75 Å². The fraction of sp³-hybridized carbons (Fsp3) is 0.200. The summed E-state index contributed by atoms with van der Waals surface area (Å²) in [6, 6.07) is 9.44. The minimum absolute atomic E-state index is 0.113. The van der Waals surface area contributed by atoms with E-state index in [1.165, 1.54) is 0 Å². The Bertz CT molecular complexity index is 269. The van der Waals surface area contributed by atoms with Gasteiger partial charge in [-0.15, -0.1) is 0 Å². The zero-order chi connectivity index (χ0) is 8.65. The highest BCUT2D eigenvalue weighted by molar-refractivity contribution is 5.21. The predicted molar refractivity (Wildman–Crippen MR) is 46.8 cm³/mol. The Kier molecular flexibility index (Phi) is 3.76. The van der Waals surface area contributed by atoms with Crippen molar-refractivity contribution in [3.63, 3.8) is 0 Å². The minimum atomic E-state index is -0.113. The molecule has 62 valence electrons. The summed E-state index contributed by atoms with van der Waals surface area (Å²) in [6.45, 7) is 0.211. The van der Waals surface area contributed by atoms with Gasteiger partial charge in [0.25, 0.3) is 0 Å². The van der Waals surface area contributed by atoms with E-state index in [9.17, 15) is 0 Å². The van der Waals surface area contributed by atoms with Crippen molar-refractivity contribution in [3.8, 4) is 17.6 Å². The third kappa shape index (κ3) is 3.09. The summed E-state index contributed by atoms with van der Waals surface area (Å²) in [7, 11) is 0. The van der Waals surface area contributed by atoms with Crippen molar-refractivity contribution in [2.75, 3.05) is 13.2 Å². The van der Waals surface area contributed by atoms with Crippen LogP contribution < -0.4 is 4.74 Å². The first kappa shape index (κ1) is 8.63. The van der Waals surface area contributed by atoms with Gasteiger partial charge in [0.1, 0.15) is 19.0 Å². The molecule has 0 saturated heterocycles. The second-order valence-corrected chi connectivity index (χ2v) is 2.11. The third-order valence-corrected chi connectivity index (χ3v) is 1.26. The number of benzene rings is 1. The van der Waals surface area contributed by atoms with Crippen LogP contribution in [0.25, 0.3) is 0 Å². The van der Waals surface area contributed by atoms with Gasteiger partial charge in [0.2, 0.25) is 0 Å². The number of aliphatic hydroxyl groups is 1. The summed E-state index contributed by atoms with van der Waals surface area (Å²) in [5.74, 6) is 5.96. The van der Waals surface area contributed by atoms with Crippen molar-refractivity contribution in [2.45, 2.75) is 0 Å². The molecule has 0 aliphatic rings. The highest BCUT2D eigenvalue weighted by Crippen LogP contribution is 2.06. The second kappa shape index (κ2) is 5.22. The molecule has 1 aromatic carbocycles. The lowest BCUT2D eigenvalue weighted by Crippen LogP contribution is -1.93. The number of para-hydroxylation sites is 1. The Morgan fingerprint density at radius 1 is 1.17 bits per heavy atom. The molecule has 0 bridgehead atoms. The molecule has 0 aromatic heterocycles. The van der Waals surface area contributed by atoms with Crippen LogP contribution in [-0.2, 0) is 0 Å². The molecule has 0 aliphatic heterocycles. The first-order chi connectivity index (χ1) is 5.93. The van der Waals surface area contributed by atoms with E-state index in [-0.39, 0.29) is 6.61 Å². The standard InChI is InChI=1S/C10H10O2/c11-8-4-5-9-12-10-6-2-1-3-7-10/h1-3,6-7,11H,8-9H2. The molecule has 0 spiro atoms. The molecule has 1 aromatic rings. The van der Waals surface area contributed by atoms with E-state index in [0.29, 0.717) is 6.61 Å². The first-order valence-electron chi connectivity index (χ1n) is 3.68. The monoisotopic (exact) mass is 162 g/mol. The van der Waals surface area contributed by atoms with Crippen LogP contribution in [-0.4, -0.2) is 18.3 Å². The maximum atomic E-state index is 8.33. The van der Waals surface area contributed by atoms with Crippen LogP contribution in [0.3, 0.4) is 0 Å². The lowest BCUT2D eigenvalue weighted by molar-refractivity contribution is 0.347. The number of hydrogen-bond acceptors (Lipinski definition) is 2. The Morgan fingerprint density at radius 2 is 1.92 bits per heavy atom. The van der Waals surface area contributed by atoms with Gasteiger partial charge in [0.05, 0.1) is 0 Å². The fourth-order valence-electron chi connectivity index (χ4n) is 0.743. The van der Waals surface area contributed by atoms with Crippen LogP contribution >= 0.6 is 0 Å². The van der Waals surface area contributed by atoms with Gasteiger partial charge in [-0.3, -0.25) is 0 Å². The SMILES string of the molecule is OCC#CCOc1ccccc1. The Morgan fingerprint density at radius 3 is 2.58 bits per heavy atom. The van der Waals surface area contributed by atoms with E-state index in [2.05, 4.69) is 11.8 Å². The Labute approximate surface area is 71.8 Å². The van der Waals surface area contributed by atoms with Crippen LogP contribution in [0.4, 0.5) is 0 Å². The summed E-state index contributed by atoms with van der Waals surface area (Å²) in [4.78, 5) is 0. The van der Waals surface area contributed by atoms with Gasteiger partial charge >= 0.3 is 0 Å². The van der Waals surface area contributed by atoms with E-state index in [4.69, 9.17) is 9.84 Å². The number of aliphatic hydroxyl groups excluding tert-OH is 1. The van der Waals surface area contributed by atoms with Gasteiger partial charge < -0.3 is 9.84 Å². The molecule has 0 aliphatic carbocycles. The summed E-state index contributed by atoms with van der Waals surface area (Å²) < 4.78 is 5.22. The molecule has 0 unspecified atom stereocenters. The molecule has 0 heterocycles. The maximum absolute atomic E-state index is 8.33. The van der Waals surface area contributed by atoms with Crippen molar-refractivity contribution in [3.05, 3.63) is 30.3 Å². The Balaban J connectivity index is 2.34. The summed E-state index contributed by atoms with van der Waals surface area (Å²) in [5.41, 5.74) is 0. The van der Waals surface area contributed by atoms with E-state index >= 15 is 0 Å². The molecule has 1 rings (SSSR count). The van der Waals surface area contributed by atoms with Gasteiger partial charge in [-0.1, -0.05) is 30.0 Å².